The number of halogens is 3. The van der Waals surface area contributed by atoms with Crippen molar-refractivity contribution in [2.75, 3.05) is 45.9 Å². The van der Waals surface area contributed by atoms with Crippen LogP contribution in [0.25, 0.3) is 0 Å². The molecule has 0 saturated carbocycles. The molecule has 1 fully saturated rings. The van der Waals surface area contributed by atoms with Gasteiger partial charge in [-0.15, -0.1) is 24.8 Å². The molecule has 3 rings (SSSR count). The van der Waals surface area contributed by atoms with Crippen molar-refractivity contribution in [3.8, 4) is 0 Å². The highest BCUT2D eigenvalue weighted by Crippen LogP contribution is 2.30. The summed E-state index contributed by atoms with van der Waals surface area (Å²) >= 11 is 6.25. The van der Waals surface area contributed by atoms with E-state index in [1.54, 1.807) is 0 Å². The first kappa shape index (κ1) is 25.7. The minimum atomic E-state index is -0.924. The number of ether oxygens (including phenoxy) is 1. The van der Waals surface area contributed by atoms with Crippen molar-refractivity contribution >= 4 is 42.4 Å². The van der Waals surface area contributed by atoms with Crippen molar-refractivity contribution in [1.82, 2.24) is 9.80 Å². The molecule has 0 bridgehead atoms. The summed E-state index contributed by atoms with van der Waals surface area (Å²) in [5.41, 5.74) is 2.46. The molecule has 1 unspecified atom stereocenters. The van der Waals surface area contributed by atoms with E-state index >= 15 is 0 Å². The van der Waals surface area contributed by atoms with E-state index in [-0.39, 0.29) is 37.5 Å². The second kappa shape index (κ2) is 13.1. The van der Waals surface area contributed by atoms with Gasteiger partial charge in [-0.1, -0.05) is 54.1 Å². The molecule has 160 valence electrons. The molecule has 1 N–H and O–H groups in total. The van der Waals surface area contributed by atoms with Crippen molar-refractivity contribution in [3.63, 3.8) is 0 Å². The second-order valence-corrected chi connectivity index (χ2v) is 7.13. The molecule has 29 heavy (non-hydrogen) atoms. The Hall–Kier alpha value is -1.34. The van der Waals surface area contributed by atoms with Gasteiger partial charge in [-0.2, -0.15) is 0 Å². The van der Waals surface area contributed by atoms with Crippen molar-refractivity contribution in [3.05, 3.63) is 70.7 Å². The molecule has 8 heteroatoms. The molecule has 0 aromatic heterocycles. The lowest BCUT2D eigenvalue weighted by molar-refractivity contribution is -0.142. The Morgan fingerprint density at radius 1 is 1.00 bits per heavy atom. The summed E-state index contributed by atoms with van der Waals surface area (Å²) in [6.07, 6.45) is 0. The van der Waals surface area contributed by atoms with E-state index in [2.05, 4.69) is 40.1 Å². The fraction of sp³-hybridized carbons (Fsp3) is 0.381. The Bertz CT molecular complexity index is 741. The normalized spacial score (nSPS) is 15.8. The van der Waals surface area contributed by atoms with Gasteiger partial charge in [0.15, 0.2) is 0 Å². The van der Waals surface area contributed by atoms with E-state index in [9.17, 15) is 4.79 Å². The topological polar surface area (TPSA) is 53.0 Å². The van der Waals surface area contributed by atoms with Gasteiger partial charge in [-0.05, 0) is 23.3 Å². The maximum absolute atomic E-state index is 10.5. The zero-order valence-electron chi connectivity index (χ0n) is 16.1. The maximum atomic E-state index is 10.5. The molecule has 1 atom stereocenters. The third-order valence-electron chi connectivity index (χ3n) is 4.83. The van der Waals surface area contributed by atoms with Crippen molar-refractivity contribution < 1.29 is 14.6 Å². The van der Waals surface area contributed by atoms with Crippen LogP contribution in [-0.2, 0) is 9.53 Å². The van der Waals surface area contributed by atoms with Gasteiger partial charge in [0.1, 0.15) is 6.61 Å². The molecule has 0 aliphatic carbocycles. The summed E-state index contributed by atoms with van der Waals surface area (Å²) in [5, 5.41) is 9.38. The van der Waals surface area contributed by atoms with Crippen LogP contribution in [0.4, 0.5) is 0 Å². The van der Waals surface area contributed by atoms with E-state index in [0.29, 0.717) is 6.61 Å². The number of rotatable bonds is 8. The van der Waals surface area contributed by atoms with Crippen molar-refractivity contribution in [2.45, 2.75) is 6.04 Å². The first-order chi connectivity index (χ1) is 13.1. The number of hydrogen-bond acceptors (Lipinski definition) is 4. The zero-order chi connectivity index (χ0) is 19.1. The molecule has 1 heterocycles. The van der Waals surface area contributed by atoms with Crippen LogP contribution in [0.5, 0.6) is 0 Å². The fourth-order valence-electron chi connectivity index (χ4n) is 3.52. The third kappa shape index (κ3) is 7.78. The number of piperazine rings is 1. The molecule has 5 nitrogen and oxygen atoms in total. The average molecular weight is 462 g/mol. The average Bonchev–Trinajstić information content (AvgIpc) is 2.67. The molecule has 1 saturated heterocycles. The zero-order valence-corrected chi connectivity index (χ0v) is 18.5. The quantitative estimate of drug-likeness (QED) is 0.602. The number of carboxylic acids is 1. The first-order valence-electron chi connectivity index (χ1n) is 9.20. The molecule has 2 aromatic rings. The minimum Gasteiger partial charge on any atom is -0.480 e. The number of carboxylic acid groups (broad SMARTS) is 1. The van der Waals surface area contributed by atoms with Gasteiger partial charge in [-0.25, -0.2) is 4.79 Å². The van der Waals surface area contributed by atoms with Gasteiger partial charge in [0.25, 0.3) is 0 Å². The predicted octanol–water partition coefficient (Wildman–Crippen LogP) is 3.99. The Kier molecular flexibility index (Phi) is 11.6. The number of nitrogens with zero attached hydrogens (tertiary/aromatic N) is 2. The molecule has 0 amide bonds. The molecular formula is C21H27Cl3N2O3. The number of benzene rings is 2. The first-order valence-corrected chi connectivity index (χ1v) is 9.57. The summed E-state index contributed by atoms with van der Waals surface area (Å²) in [5.74, 6) is -0.924. The monoisotopic (exact) mass is 460 g/mol. The van der Waals surface area contributed by atoms with Crippen molar-refractivity contribution in [2.24, 2.45) is 0 Å². The second-order valence-electron chi connectivity index (χ2n) is 6.69. The van der Waals surface area contributed by atoms with E-state index in [4.69, 9.17) is 21.4 Å². The van der Waals surface area contributed by atoms with Gasteiger partial charge in [-0.3, -0.25) is 9.80 Å². The van der Waals surface area contributed by atoms with Crippen LogP contribution < -0.4 is 0 Å². The molecular weight excluding hydrogens is 435 g/mol. The molecule has 2 aromatic carbocycles. The third-order valence-corrected chi connectivity index (χ3v) is 5.06. The van der Waals surface area contributed by atoms with E-state index in [1.807, 2.05) is 24.3 Å². The van der Waals surface area contributed by atoms with Crippen LogP contribution in [0.2, 0.25) is 5.02 Å². The minimum absolute atomic E-state index is 0. The highest BCUT2D eigenvalue weighted by atomic mass is 35.5. The number of hydrogen-bond donors (Lipinski definition) is 1. The molecule has 1 aliphatic heterocycles. The van der Waals surface area contributed by atoms with Gasteiger partial charge < -0.3 is 9.84 Å². The summed E-state index contributed by atoms with van der Waals surface area (Å²) in [4.78, 5) is 15.3. The Morgan fingerprint density at radius 2 is 1.66 bits per heavy atom. The van der Waals surface area contributed by atoms with Gasteiger partial charge >= 0.3 is 5.97 Å². The Balaban J connectivity index is 0.00000210. The summed E-state index contributed by atoms with van der Waals surface area (Å²) in [6, 6.07) is 18.8. The van der Waals surface area contributed by atoms with Gasteiger partial charge in [0.2, 0.25) is 0 Å². The smallest absolute Gasteiger partial charge is 0.329 e. The standard InChI is InChI=1S/C21H25ClN2O3.2ClH/c22-19-8-4-7-18(15-19)21(17-5-2-1-3-6-17)24-11-9-23(10-12-24)13-14-27-16-20(25)26;;/h1-8,15,21H,9-14,16H2,(H,25,26);2*1H. The van der Waals surface area contributed by atoms with Crippen LogP contribution in [0.15, 0.2) is 54.6 Å². The highest BCUT2D eigenvalue weighted by Gasteiger charge is 2.26. The van der Waals surface area contributed by atoms with Crippen LogP contribution in [0.1, 0.15) is 17.2 Å². The maximum Gasteiger partial charge on any atom is 0.329 e. The van der Waals surface area contributed by atoms with Crippen LogP contribution >= 0.6 is 36.4 Å². The largest absolute Gasteiger partial charge is 0.480 e. The Labute approximate surface area is 189 Å². The SMILES string of the molecule is Cl.Cl.O=C(O)COCCN1CCN(C(c2ccccc2)c2cccc(Cl)c2)CC1. The predicted molar refractivity (Wildman–Crippen MR) is 121 cm³/mol. The summed E-state index contributed by atoms with van der Waals surface area (Å²) < 4.78 is 5.15. The summed E-state index contributed by atoms with van der Waals surface area (Å²) in [6.45, 7) is 4.71. The van der Waals surface area contributed by atoms with Gasteiger partial charge in [0, 0.05) is 37.7 Å². The summed E-state index contributed by atoms with van der Waals surface area (Å²) in [7, 11) is 0. The molecule has 1 aliphatic rings. The lowest BCUT2D eigenvalue weighted by atomic mass is 9.96. The van der Waals surface area contributed by atoms with Crippen molar-refractivity contribution in [1.29, 1.82) is 0 Å². The highest BCUT2D eigenvalue weighted by molar-refractivity contribution is 6.30. The van der Waals surface area contributed by atoms with Crippen LogP contribution in [0, 0.1) is 0 Å². The molecule has 0 spiro atoms. The number of aliphatic carboxylic acids is 1. The lowest BCUT2D eigenvalue weighted by Crippen LogP contribution is -2.48. The Morgan fingerprint density at radius 3 is 2.28 bits per heavy atom. The van der Waals surface area contributed by atoms with E-state index in [1.165, 1.54) is 11.1 Å². The van der Waals surface area contributed by atoms with E-state index in [0.717, 1.165) is 37.7 Å². The molecule has 0 radical (unpaired) electrons. The van der Waals surface area contributed by atoms with Gasteiger partial charge in [0.05, 0.1) is 12.6 Å². The van der Waals surface area contributed by atoms with E-state index < -0.39 is 5.97 Å². The number of carbonyl (C=O) groups is 1. The van der Waals surface area contributed by atoms with Crippen LogP contribution in [-0.4, -0.2) is 66.8 Å². The van der Waals surface area contributed by atoms with Crippen LogP contribution in [0.3, 0.4) is 0 Å². The fourth-order valence-corrected chi connectivity index (χ4v) is 3.72. The lowest BCUT2D eigenvalue weighted by Gasteiger charge is -2.39.